The van der Waals surface area contributed by atoms with Crippen molar-refractivity contribution in [2.24, 2.45) is 4.99 Å². The van der Waals surface area contributed by atoms with Gasteiger partial charge in [-0.2, -0.15) is 8.78 Å². The van der Waals surface area contributed by atoms with E-state index in [9.17, 15) is 8.78 Å². The Bertz CT molecular complexity index is 739. The normalized spacial score (nSPS) is 11.4. The van der Waals surface area contributed by atoms with Crippen LogP contribution in [0.2, 0.25) is 0 Å². The summed E-state index contributed by atoms with van der Waals surface area (Å²) in [5.74, 6) is 1.65. The molecule has 0 bridgehead atoms. The van der Waals surface area contributed by atoms with Crippen molar-refractivity contribution in [3.63, 3.8) is 0 Å². The number of hydrogen-bond acceptors (Lipinski definition) is 3. The summed E-state index contributed by atoms with van der Waals surface area (Å²) in [6, 6.07) is 14.4. The van der Waals surface area contributed by atoms with Gasteiger partial charge in [0.1, 0.15) is 11.5 Å². The second kappa shape index (κ2) is 11.0. The maximum atomic E-state index is 12.3. The number of nitrogens with zero attached hydrogens (tertiary/aromatic N) is 1. The fourth-order valence-corrected chi connectivity index (χ4v) is 2.56. The molecule has 0 saturated carbocycles. The van der Waals surface area contributed by atoms with Crippen molar-refractivity contribution < 1.29 is 18.3 Å². The second-order valence-corrected chi connectivity index (χ2v) is 5.71. The molecule has 0 aliphatic heterocycles. The Hall–Kier alpha value is -2.83. The molecule has 0 aliphatic carbocycles. The highest BCUT2D eigenvalue weighted by Crippen LogP contribution is 2.18. The summed E-state index contributed by atoms with van der Waals surface area (Å²) in [5.41, 5.74) is 1.90. The van der Waals surface area contributed by atoms with E-state index in [1.54, 1.807) is 19.2 Å². The van der Waals surface area contributed by atoms with E-state index < -0.39 is 6.61 Å². The first-order valence-electron chi connectivity index (χ1n) is 8.80. The second-order valence-electron chi connectivity index (χ2n) is 5.71. The molecule has 5 nitrogen and oxygen atoms in total. The Morgan fingerprint density at radius 3 is 2.67 bits per heavy atom. The van der Waals surface area contributed by atoms with E-state index in [1.807, 2.05) is 37.3 Å². The molecule has 0 fully saturated rings. The van der Waals surface area contributed by atoms with Crippen molar-refractivity contribution in [2.45, 2.75) is 26.5 Å². The molecule has 2 rings (SSSR count). The number of nitrogens with one attached hydrogen (secondary N) is 2. The van der Waals surface area contributed by atoms with Crippen LogP contribution < -0.4 is 20.1 Å². The van der Waals surface area contributed by atoms with Gasteiger partial charge in [0.15, 0.2) is 5.96 Å². The predicted octanol–water partition coefficient (Wildman–Crippen LogP) is 3.59. The van der Waals surface area contributed by atoms with Crippen LogP contribution in [0.1, 0.15) is 18.1 Å². The lowest BCUT2D eigenvalue weighted by Crippen LogP contribution is -2.38. The number of para-hydroxylation sites is 1. The summed E-state index contributed by atoms with van der Waals surface area (Å²) in [5, 5.41) is 6.44. The van der Waals surface area contributed by atoms with Crippen LogP contribution in [-0.4, -0.2) is 32.8 Å². The minimum Gasteiger partial charge on any atom is -0.496 e. The molecule has 2 N–H and O–H groups in total. The van der Waals surface area contributed by atoms with Crippen LogP contribution in [0.5, 0.6) is 11.5 Å². The largest absolute Gasteiger partial charge is 0.496 e. The van der Waals surface area contributed by atoms with Crippen LogP contribution in [0.15, 0.2) is 53.5 Å². The topological polar surface area (TPSA) is 54.9 Å². The molecular formula is C20H25F2N3O2. The number of guanidine groups is 1. The minimum atomic E-state index is -2.84. The Kier molecular flexibility index (Phi) is 8.35. The molecule has 0 heterocycles. The molecule has 0 aliphatic rings. The van der Waals surface area contributed by atoms with E-state index in [1.165, 1.54) is 6.07 Å². The third-order valence-corrected chi connectivity index (χ3v) is 3.77. The molecule has 0 amide bonds. The number of alkyl halides is 2. The smallest absolute Gasteiger partial charge is 0.387 e. The number of hydrogen-bond donors (Lipinski definition) is 2. The quantitative estimate of drug-likeness (QED) is 0.518. The lowest BCUT2D eigenvalue weighted by molar-refractivity contribution is -0.0498. The molecule has 7 heteroatoms. The van der Waals surface area contributed by atoms with Gasteiger partial charge in [-0.15, -0.1) is 0 Å². The van der Waals surface area contributed by atoms with Gasteiger partial charge >= 0.3 is 6.61 Å². The van der Waals surface area contributed by atoms with E-state index >= 15 is 0 Å². The van der Waals surface area contributed by atoms with Gasteiger partial charge in [0, 0.05) is 13.1 Å². The zero-order valence-corrected chi connectivity index (χ0v) is 15.5. The van der Waals surface area contributed by atoms with Gasteiger partial charge in [0.2, 0.25) is 0 Å². The molecule has 0 atom stereocenters. The molecule has 0 saturated heterocycles. The van der Waals surface area contributed by atoms with Crippen LogP contribution >= 0.6 is 0 Å². The molecule has 146 valence electrons. The number of methoxy groups -OCH3 is 1. The fraction of sp³-hybridized carbons (Fsp3) is 0.350. The Morgan fingerprint density at radius 2 is 1.93 bits per heavy atom. The number of ether oxygens (including phenoxy) is 2. The molecule has 0 spiro atoms. The monoisotopic (exact) mass is 377 g/mol. The first-order chi connectivity index (χ1) is 13.1. The maximum absolute atomic E-state index is 12.3. The molecule has 0 radical (unpaired) electrons. The van der Waals surface area contributed by atoms with Crippen molar-refractivity contribution in [1.82, 2.24) is 10.6 Å². The number of rotatable bonds is 9. The van der Waals surface area contributed by atoms with Crippen molar-refractivity contribution >= 4 is 5.96 Å². The Morgan fingerprint density at radius 1 is 1.11 bits per heavy atom. The maximum Gasteiger partial charge on any atom is 0.387 e. The van der Waals surface area contributed by atoms with E-state index in [2.05, 4.69) is 20.4 Å². The molecule has 0 aromatic heterocycles. The van der Waals surface area contributed by atoms with Crippen LogP contribution in [-0.2, 0) is 13.0 Å². The zero-order chi connectivity index (χ0) is 19.5. The van der Waals surface area contributed by atoms with Crippen LogP contribution in [0.3, 0.4) is 0 Å². The lowest BCUT2D eigenvalue weighted by Gasteiger charge is -2.13. The van der Waals surface area contributed by atoms with Crippen molar-refractivity contribution in [3.05, 3.63) is 59.7 Å². The standard InChI is InChI=1S/C20H25F2N3O2/c1-3-23-20(24-12-11-16-8-4-5-10-18(16)26-2)25-14-15-7-6-9-17(13-15)27-19(21)22/h4-10,13,19H,3,11-12,14H2,1-2H3,(H2,23,24,25). The lowest BCUT2D eigenvalue weighted by atomic mass is 10.1. The highest BCUT2D eigenvalue weighted by Gasteiger charge is 2.05. The van der Waals surface area contributed by atoms with Crippen LogP contribution in [0, 0.1) is 0 Å². The van der Waals surface area contributed by atoms with Crippen LogP contribution in [0.4, 0.5) is 8.78 Å². The molecule has 0 unspecified atom stereocenters. The van der Waals surface area contributed by atoms with Gasteiger partial charge in [-0.25, -0.2) is 4.99 Å². The molecule has 2 aromatic carbocycles. The molecule has 2 aromatic rings. The van der Waals surface area contributed by atoms with E-state index in [-0.39, 0.29) is 5.75 Å². The predicted molar refractivity (Wildman–Crippen MR) is 103 cm³/mol. The number of aliphatic imine (C=N–C) groups is 1. The summed E-state index contributed by atoms with van der Waals surface area (Å²) in [6.07, 6.45) is 0.784. The molecular weight excluding hydrogens is 352 g/mol. The van der Waals surface area contributed by atoms with Gasteiger partial charge < -0.3 is 20.1 Å². The first kappa shape index (κ1) is 20.5. The van der Waals surface area contributed by atoms with E-state index in [0.29, 0.717) is 19.0 Å². The number of halogens is 2. The van der Waals surface area contributed by atoms with Gasteiger partial charge in [-0.05, 0) is 42.7 Å². The SMILES string of the molecule is CCNC(=NCc1cccc(OC(F)F)c1)NCCc1ccccc1OC. The number of benzene rings is 2. The van der Waals surface area contributed by atoms with E-state index in [4.69, 9.17) is 4.74 Å². The summed E-state index contributed by atoms with van der Waals surface area (Å²) in [7, 11) is 1.66. The molecule has 27 heavy (non-hydrogen) atoms. The highest BCUT2D eigenvalue weighted by molar-refractivity contribution is 5.79. The van der Waals surface area contributed by atoms with Crippen molar-refractivity contribution in [1.29, 1.82) is 0 Å². The Balaban J connectivity index is 1.94. The van der Waals surface area contributed by atoms with Crippen molar-refractivity contribution in [3.8, 4) is 11.5 Å². The first-order valence-corrected chi connectivity index (χ1v) is 8.80. The van der Waals surface area contributed by atoms with Crippen molar-refractivity contribution in [2.75, 3.05) is 20.2 Å². The van der Waals surface area contributed by atoms with Gasteiger partial charge in [0.05, 0.1) is 13.7 Å². The minimum absolute atomic E-state index is 0.131. The van der Waals surface area contributed by atoms with Gasteiger partial charge in [0.25, 0.3) is 0 Å². The zero-order valence-electron chi connectivity index (χ0n) is 15.5. The Labute approximate surface area is 158 Å². The third kappa shape index (κ3) is 7.13. The summed E-state index contributed by atoms with van der Waals surface area (Å²) in [4.78, 5) is 4.50. The fourth-order valence-electron chi connectivity index (χ4n) is 2.56. The van der Waals surface area contributed by atoms with Crippen LogP contribution in [0.25, 0.3) is 0 Å². The van der Waals surface area contributed by atoms with E-state index in [0.717, 1.165) is 29.8 Å². The summed E-state index contributed by atoms with van der Waals surface area (Å²) < 4.78 is 34.4. The average Bonchev–Trinajstić information content (AvgIpc) is 2.66. The summed E-state index contributed by atoms with van der Waals surface area (Å²) >= 11 is 0. The third-order valence-electron chi connectivity index (χ3n) is 3.77. The average molecular weight is 377 g/mol. The highest BCUT2D eigenvalue weighted by atomic mass is 19.3. The van der Waals surface area contributed by atoms with Gasteiger partial charge in [-0.1, -0.05) is 30.3 Å². The van der Waals surface area contributed by atoms with Gasteiger partial charge in [-0.3, -0.25) is 0 Å². The summed E-state index contributed by atoms with van der Waals surface area (Å²) in [6.45, 7) is 0.895.